The third-order valence-corrected chi connectivity index (χ3v) is 6.88. The van der Waals surface area contributed by atoms with E-state index in [9.17, 15) is 4.79 Å². The predicted molar refractivity (Wildman–Crippen MR) is 138 cm³/mol. The molecule has 3 aromatic rings. The van der Waals surface area contributed by atoms with Crippen LogP contribution < -0.4 is 10.6 Å². The zero-order valence-corrected chi connectivity index (χ0v) is 20.3. The predicted octanol–water partition coefficient (Wildman–Crippen LogP) is 4.16. The van der Waals surface area contributed by atoms with Gasteiger partial charge in [-0.1, -0.05) is 12.1 Å². The summed E-state index contributed by atoms with van der Waals surface area (Å²) in [5.41, 5.74) is 3.98. The molecule has 182 valence electrons. The number of benzene rings is 1. The summed E-state index contributed by atoms with van der Waals surface area (Å²) in [7, 11) is 1.92. The number of nitrogens with one attached hydrogen (secondary N) is 2. The minimum Gasteiger partial charge on any atom is -0.370 e. The summed E-state index contributed by atoms with van der Waals surface area (Å²) in [6, 6.07) is 14.3. The number of hydrogen-bond acceptors (Lipinski definition) is 7. The first-order chi connectivity index (χ1) is 17.1. The largest absolute Gasteiger partial charge is 0.370 e. The van der Waals surface area contributed by atoms with Crippen LogP contribution in [0.1, 0.15) is 31.2 Å². The van der Waals surface area contributed by atoms with Gasteiger partial charge in [-0.3, -0.25) is 9.69 Å². The van der Waals surface area contributed by atoms with Crippen LogP contribution in [0.4, 0.5) is 17.5 Å². The molecule has 35 heavy (non-hydrogen) atoms. The van der Waals surface area contributed by atoms with E-state index < -0.39 is 0 Å². The molecule has 0 saturated carbocycles. The summed E-state index contributed by atoms with van der Waals surface area (Å²) < 4.78 is 0. The second kappa shape index (κ2) is 10.8. The summed E-state index contributed by atoms with van der Waals surface area (Å²) in [5, 5.41) is 6.71. The van der Waals surface area contributed by atoms with Gasteiger partial charge in [0.2, 0.25) is 11.9 Å². The Morgan fingerprint density at radius 2 is 1.91 bits per heavy atom. The zero-order valence-electron chi connectivity index (χ0n) is 20.3. The molecule has 1 saturated heterocycles. The number of amides is 1. The quantitative estimate of drug-likeness (QED) is 0.509. The molecule has 8 heteroatoms. The standard InChI is InChI=1S/C27H33N7O/c1-33-13-3-11-28-25-7-6-22(18-30-25)24-8-12-29-27(32-24)31-23-5-2-4-21(16-23)19-34-14-9-20(10-15-34)17-26(33)35/h2,4-8,12,16,18,20H,3,9-11,13-15,17,19H2,1H3,(H,28,30)(H,29,31,32). The Morgan fingerprint density at radius 1 is 1.03 bits per heavy atom. The number of carbonyl (C=O) groups excluding carboxylic acids is 1. The van der Waals surface area contributed by atoms with Crippen molar-refractivity contribution < 1.29 is 4.79 Å². The minimum atomic E-state index is 0.256. The lowest BCUT2D eigenvalue weighted by molar-refractivity contribution is -0.131. The Labute approximate surface area is 206 Å². The number of anilines is 3. The topological polar surface area (TPSA) is 86.3 Å². The average molecular weight is 472 g/mol. The first-order valence-corrected chi connectivity index (χ1v) is 12.5. The molecule has 2 N–H and O–H groups in total. The van der Waals surface area contributed by atoms with Gasteiger partial charge >= 0.3 is 0 Å². The Hall–Kier alpha value is -3.52. The van der Waals surface area contributed by atoms with Crippen molar-refractivity contribution in [2.45, 2.75) is 32.2 Å². The van der Waals surface area contributed by atoms with Gasteiger partial charge in [0.1, 0.15) is 5.82 Å². The van der Waals surface area contributed by atoms with Crippen LogP contribution in [0.5, 0.6) is 0 Å². The van der Waals surface area contributed by atoms with Crippen molar-refractivity contribution in [1.82, 2.24) is 24.8 Å². The van der Waals surface area contributed by atoms with Crippen LogP contribution >= 0.6 is 0 Å². The summed E-state index contributed by atoms with van der Waals surface area (Å²) in [4.78, 5) is 30.7. The fourth-order valence-electron chi connectivity index (χ4n) is 4.77. The number of aromatic nitrogens is 3. The highest BCUT2D eigenvalue weighted by molar-refractivity contribution is 5.76. The van der Waals surface area contributed by atoms with Crippen LogP contribution in [0, 0.1) is 5.92 Å². The van der Waals surface area contributed by atoms with Crippen molar-refractivity contribution in [1.29, 1.82) is 0 Å². The highest BCUT2D eigenvalue weighted by Crippen LogP contribution is 2.24. The fourth-order valence-corrected chi connectivity index (χ4v) is 4.77. The Kier molecular flexibility index (Phi) is 7.18. The van der Waals surface area contributed by atoms with Crippen molar-refractivity contribution in [2.75, 3.05) is 43.9 Å². The van der Waals surface area contributed by atoms with Crippen LogP contribution in [0.2, 0.25) is 0 Å². The molecule has 1 amide bonds. The monoisotopic (exact) mass is 471 g/mol. The molecular formula is C27H33N7O. The third-order valence-electron chi connectivity index (χ3n) is 6.88. The SMILES string of the molecule is CN1CCCNc2ccc(cn2)-c2ccnc(n2)Nc2cccc(c2)CN2CCC(CC2)CC1=O. The second-order valence-corrected chi connectivity index (χ2v) is 9.54. The molecule has 7 heterocycles. The highest BCUT2D eigenvalue weighted by atomic mass is 16.2. The van der Waals surface area contributed by atoms with E-state index in [-0.39, 0.29) is 5.91 Å². The average Bonchev–Trinajstić information content (AvgIpc) is 2.88. The van der Waals surface area contributed by atoms with E-state index in [2.05, 4.69) is 43.7 Å². The minimum absolute atomic E-state index is 0.256. The third kappa shape index (κ3) is 6.14. The molecular weight excluding hydrogens is 438 g/mol. The van der Waals surface area contributed by atoms with Gasteiger partial charge in [0.15, 0.2) is 0 Å². The van der Waals surface area contributed by atoms with Gasteiger partial charge in [0, 0.05) is 56.7 Å². The summed E-state index contributed by atoms with van der Waals surface area (Å²) in [6.45, 7) is 4.47. The van der Waals surface area contributed by atoms with Gasteiger partial charge in [-0.25, -0.2) is 15.0 Å². The lowest BCUT2D eigenvalue weighted by Crippen LogP contribution is -2.36. The Bertz CT molecular complexity index is 1140. The van der Waals surface area contributed by atoms with Gasteiger partial charge in [-0.05, 0) is 74.2 Å². The smallest absolute Gasteiger partial charge is 0.227 e. The molecule has 0 spiro atoms. The molecule has 0 radical (unpaired) electrons. The number of pyridine rings is 1. The summed E-state index contributed by atoms with van der Waals surface area (Å²) in [6.07, 6.45) is 7.26. The molecule has 2 aromatic heterocycles. The van der Waals surface area contributed by atoms with E-state index in [1.165, 1.54) is 5.56 Å². The van der Waals surface area contributed by atoms with Gasteiger partial charge in [0.05, 0.1) is 5.69 Å². The van der Waals surface area contributed by atoms with Crippen LogP contribution in [-0.2, 0) is 11.3 Å². The van der Waals surface area contributed by atoms with Gasteiger partial charge < -0.3 is 15.5 Å². The number of nitrogens with zero attached hydrogens (tertiary/aromatic N) is 5. The normalized spacial score (nSPS) is 21.3. The van der Waals surface area contributed by atoms with Crippen LogP contribution in [0.15, 0.2) is 54.9 Å². The second-order valence-electron chi connectivity index (χ2n) is 9.54. The van der Waals surface area contributed by atoms with E-state index in [4.69, 9.17) is 4.98 Å². The molecule has 1 aromatic carbocycles. The van der Waals surface area contributed by atoms with E-state index in [0.29, 0.717) is 18.3 Å². The van der Waals surface area contributed by atoms with E-state index in [1.54, 1.807) is 6.20 Å². The molecule has 0 aliphatic carbocycles. The van der Waals surface area contributed by atoms with Crippen molar-refractivity contribution in [2.24, 2.45) is 5.92 Å². The van der Waals surface area contributed by atoms with Crippen molar-refractivity contribution in [3.05, 3.63) is 60.4 Å². The summed E-state index contributed by atoms with van der Waals surface area (Å²) >= 11 is 0. The Balaban J connectivity index is 1.36. The molecule has 8 bridgehead atoms. The van der Waals surface area contributed by atoms with Gasteiger partial charge in [-0.15, -0.1) is 0 Å². The first-order valence-electron chi connectivity index (χ1n) is 12.5. The van der Waals surface area contributed by atoms with E-state index >= 15 is 0 Å². The maximum Gasteiger partial charge on any atom is 0.227 e. The maximum absolute atomic E-state index is 12.7. The number of hydrogen-bond donors (Lipinski definition) is 2. The highest BCUT2D eigenvalue weighted by Gasteiger charge is 2.23. The van der Waals surface area contributed by atoms with Crippen molar-refractivity contribution in [3.8, 4) is 11.3 Å². The molecule has 5 aliphatic rings. The molecule has 0 unspecified atom stereocenters. The van der Waals surface area contributed by atoms with Gasteiger partial charge in [0.25, 0.3) is 0 Å². The van der Waals surface area contributed by atoms with Gasteiger partial charge in [-0.2, -0.15) is 0 Å². The Morgan fingerprint density at radius 3 is 2.74 bits per heavy atom. The fraction of sp³-hybridized carbons (Fsp3) is 0.407. The van der Waals surface area contributed by atoms with Crippen LogP contribution in [0.3, 0.4) is 0 Å². The molecule has 8 nitrogen and oxygen atoms in total. The lowest BCUT2D eigenvalue weighted by Gasteiger charge is -2.32. The molecule has 1 fully saturated rings. The lowest BCUT2D eigenvalue weighted by atomic mass is 9.92. The number of carbonyl (C=O) groups is 1. The zero-order chi connectivity index (χ0) is 24.0. The number of rotatable bonds is 0. The van der Waals surface area contributed by atoms with Crippen molar-refractivity contribution >= 4 is 23.4 Å². The molecule has 0 atom stereocenters. The molecule has 5 aliphatic heterocycles. The first kappa shape index (κ1) is 23.2. The molecule has 8 rings (SSSR count). The number of piperidine rings is 1. The maximum atomic E-state index is 12.7. The van der Waals surface area contributed by atoms with E-state index in [1.807, 2.05) is 42.4 Å². The van der Waals surface area contributed by atoms with Crippen LogP contribution in [-0.4, -0.2) is 63.9 Å². The van der Waals surface area contributed by atoms with Crippen LogP contribution in [0.25, 0.3) is 11.3 Å². The van der Waals surface area contributed by atoms with Crippen molar-refractivity contribution in [3.63, 3.8) is 0 Å². The summed E-state index contributed by atoms with van der Waals surface area (Å²) in [5.74, 6) is 2.11. The van der Waals surface area contributed by atoms with E-state index in [0.717, 1.165) is 74.7 Å².